The maximum absolute atomic E-state index is 12.9. The SMILES string of the molecule is CNC(C(=O)N1CCC(CN(C)Cc2ccccc2)CC1)c1cnn(C)c1.Cl.Cl. The van der Waals surface area contributed by atoms with Crippen molar-refractivity contribution in [2.24, 2.45) is 13.0 Å². The number of aryl methyl sites for hydroxylation is 1. The lowest BCUT2D eigenvalue weighted by atomic mass is 9.95. The van der Waals surface area contributed by atoms with Crippen LogP contribution in [0.2, 0.25) is 0 Å². The Bertz CT molecular complexity index is 732. The first-order valence-corrected chi connectivity index (χ1v) is 9.74. The van der Waals surface area contributed by atoms with Crippen LogP contribution in [0.15, 0.2) is 42.7 Å². The van der Waals surface area contributed by atoms with Crippen molar-refractivity contribution in [3.8, 4) is 0 Å². The Morgan fingerprint density at radius 3 is 2.45 bits per heavy atom. The number of piperidine rings is 1. The van der Waals surface area contributed by atoms with Crippen LogP contribution in [-0.4, -0.2) is 59.2 Å². The maximum atomic E-state index is 12.9. The number of nitrogens with zero attached hydrogens (tertiary/aromatic N) is 4. The highest BCUT2D eigenvalue weighted by Gasteiger charge is 2.29. The zero-order valence-corrected chi connectivity index (χ0v) is 19.1. The first kappa shape index (κ1) is 25.4. The van der Waals surface area contributed by atoms with Crippen LogP contribution in [-0.2, 0) is 18.4 Å². The molecular formula is C21H33Cl2N5O. The van der Waals surface area contributed by atoms with E-state index in [-0.39, 0.29) is 36.8 Å². The molecule has 1 aliphatic rings. The number of carbonyl (C=O) groups is 1. The van der Waals surface area contributed by atoms with Crippen molar-refractivity contribution >= 4 is 30.7 Å². The molecule has 1 fully saturated rings. The number of hydrogen-bond donors (Lipinski definition) is 1. The third-order valence-corrected chi connectivity index (χ3v) is 5.39. The van der Waals surface area contributed by atoms with Gasteiger partial charge in [0.1, 0.15) is 6.04 Å². The maximum Gasteiger partial charge on any atom is 0.244 e. The molecule has 2 heterocycles. The summed E-state index contributed by atoms with van der Waals surface area (Å²) in [7, 11) is 5.89. The fourth-order valence-corrected chi connectivity index (χ4v) is 3.94. The van der Waals surface area contributed by atoms with E-state index < -0.39 is 0 Å². The van der Waals surface area contributed by atoms with E-state index in [0.717, 1.165) is 44.6 Å². The van der Waals surface area contributed by atoms with Crippen LogP contribution < -0.4 is 5.32 Å². The standard InChI is InChI=1S/C21H31N5O.2ClH/c1-22-20(19-13-23-25(3)16-19)21(27)26-11-9-18(10-12-26)15-24(2)14-17-7-5-4-6-8-17;;/h4-8,13,16,18,20,22H,9-12,14-15H2,1-3H3;2*1H. The normalized spacial score (nSPS) is 15.5. The van der Waals surface area contributed by atoms with Crippen LogP contribution >= 0.6 is 24.8 Å². The number of amides is 1. The van der Waals surface area contributed by atoms with Crippen molar-refractivity contribution in [1.82, 2.24) is 24.9 Å². The first-order chi connectivity index (χ1) is 13.1. The molecule has 0 aliphatic carbocycles. The van der Waals surface area contributed by atoms with E-state index in [1.165, 1.54) is 5.56 Å². The van der Waals surface area contributed by atoms with Crippen molar-refractivity contribution in [3.63, 3.8) is 0 Å². The summed E-state index contributed by atoms with van der Waals surface area (Å²) in [5, 5.41) is 7.34. The van der Waals surface area contributed by atoms with Gasteiger partial charge in [-0.05, 0) is 38.4 Å². The van der Waals surface area contributed by atoms with Gasteiger partial charge < -0.3 is 15.1 Å². The second-order valence-corrected chi connectivity index (χ2v) is 7.62. The summed E-state index contributed by atoms with van der Waals surface area (Å²) in [5.41, 5.74) is 2.27. The molecule has 1 aromatic carbocycles. The third kappa shape index (κ3) is 7.00. The second-order valence-electron chi connectivity index (χ2n) is 7.62. The highest BCUT2D eigenvalue weighted by Crippen LogP contribution is 2.22. The minimum Gasteiger partial charge on any atom is -0.341 e. The molecule has 1 N–H and O–H groups in total. The number of halogens is 2. The number of carbonyl (C=O) groups excluding carboxylic acids is 1. The van der Waals surface area contributed by atoms with Crippen LogP contribution in [0.1, 0.15) is 30.0 Å². The Hall–Kier alpha value is -1.60. The predicted octanol–water partition coefficient (Wildman–Crippen LogP) is 2.89. The van der Waals surface area contributed by atoms with Gasteiger partial charge in [-0.2, -0.15) is 5.10 Å². The van der Waals surface area contributed by atoms with Gasteiger partial charge in [0, 0.05) is 45.0 Å². The Balaban J connectivity index is 0.00000210. The summed E-state index contributed by atoms with van der Waals surface area (Å²) >= 11 is 0. The van der Waals surface area contributed by atoms with Crippen molar-refractivity contribution in [2.75, 3.05) is 33.7 Å². The molecule has 1 atom stereocenters. The number of likely N-dealkylation sites (N-methyl/N-ethyl adjacent to an activating group) is 1. The van der Waals surface area contributed by atoms with Crippen molar-refractivity contribution < 1.29 is 4.79 Å². The molecule has 1 aromatic heterocycles. The Morgan fingerprint density at radius 1 is 1.24 bits per heavy atom. The number of benzene rings is 1. The molecule has 162 valence electrons. The molecule has 1 amide bonds. The molecule has 3 rings (SSSR count). The van der Waals surface area contributed by atoms with E-state index in [9.17, 15) is 4.79 Å². The summed E-state index contributed by atoms with van der Waals surface area (Å²) < 4.78 is 1.74. The molecule has 29 heavy (non-hydrogen) atoms. The number of hydrogen-bond acceptors (Lipinski definition) is 4. The molecule has 6 nitrogen and oxygen atoms in total. The lowest BCUT2D eigenvalue weighted by molar-refractivity contribution is -0.135. The minimum absolute atomic E-state index is 0. The Kier molecular flexibility index (Phi) is 10.7. The van der Waals surface area contributed by atoms with Gasteiger partial charge >= 0.3 is 0 Å². The number of aromatic nitrogens is 2. The molecule has 2 aromatic rings. The van der Waals surface area contributed by atoms with Crippen LogP contribution in [0.4, 0.5) is 0 Å². The van der Waals surface area contributed by atoms with Crippen LogP contribution in [0.3, 0.4) is 0 Å². The summed E-state index contributed by atoms with van der Waals surface area (Å²) in [6.07, 6.45) is 5.80. The van der Waals surface area contributed by atoms with Crippen molar-refractivity contribution in [3.05, 3.63) is 53.9 Å². The molecule has 1 aliphatic heterocycles. The van der Waals surface area contributed by atoms with Gasteiger partial charge in [0.15, 0.2) is 0 Å². The molecule has 0 radical (unpaired) electrons. The Labute approximate surface area is 186 Å². The smallest absolute Gasteiger partial charge is 0.244 e. The average Bonchev–Trinajstić information content (AvgIpc) is 3.09. The van der Waals surface area contributed by atoms with Gasteiger partial charge in [-0.1, -0.05) is 30.3 Å². The molecule has 1 unspecified atom stereocenters. The molecule has 0 bridgehead atoms. The molecule has 0 spiro atoms. The molecular weight excluding hydrogens is 409 g/mol. The lowest BCUT2D eigenvalue weighted by Crippen LogP contribution is -2.45. The van der Waals surface area contributed by atoms with Gasteiger partial charge in [0.2, 0.25) is 5.91 Å². The van der Waals surface area contributed by atoms with E-state index in [4.69, 9.17) is 0 Å². The number of nitrogens with one attached hydrogen (secondary N) is 1. The molecule has 8 heteroatoms. The van der Waals surface area contributed by atoms with Gasteiger partial charge in [0.25, 0.3) is 0 Å². The fourth-order valence-electron chi connectivity index (χ4n) is 3.94. The summed E-state index contributed by atoms with van der Waals surface area (Å²) in [6, 6.07) is 10.3. The fraction of sp³-hybridized carbons (Fsp3) is 0.524. The van der Waals surface area contributed by atoms with Crippen molar-refractivity contribution in [1.29, 1.82) is 0 Å². The van der Waals surface area contributed by atoms with Crippen molar-refractivity contribution in [2.45, 2.75) is 25.4 Å². The highest BCUT2D eigenvalue weighted by atomic mass is 35.5. The largest absolute Gasteiger partial charge is 0.341 e. The second kappa shape index (κ2) is 12.2. The minimum atomic E-state index is -0.309. The van der Waals surface area contributed by atoms with Crippen LogP contribution in [0, 0.1) is 5.92 Å². The lowest BCUT2D eigenvalue weighted by Gasteiger charge is -2.35. The van der Waals surface area contributed by atoms with E-state index in [1.807, 2.05) is 25.2 Å². The summed E-state index contributed by atoms with van der Waals surface area (Å²) in [6.45, 7) is 3.72. The topological polar surface area (TPSA) is 53.4 Å². The van der Waals surface area contributed by atoms with Gasteiger partial charge in [-0.15, -0.1) is 24.8 Å². The Morgan fingerprint density at radius 2 is 1.90 bits per heavy atom. The van der Waals surface area contributed by atoms with Gasteiger partial charge in [0.05, 0.1) is 6.20 Å². The number of rotatable bonds is 7. The zero-order chi connectivity index (χ0) is 19.2. The van der Waals surface area contributed by atoms with Crippen LogP contribution in [0.5, 0.6) is 0 Å². The van der Waals surface area contributed by atoms with Gasteiger partial charge in [-0.25, -0.2) is 0 Å². The predicted molar refractivity (Wildman–Crippen MR) is 122 cm³/mol. The van der Waals surface area contributed by atoms with Gasteiger partial charge in [-0.3, -0.25) is 9.48 Å². The quantitative estimate of drug-likeness (QED) is 0.717. The summed E-state index contributed by atoms with van der Waals surface area (Å²) in [4.78, 5) is 17.3. The highest BCUT2D eigenvalue weighted by molar-refractivity contribution is 5.85. The molecule has 1 saturated heterocycles. The summed E-state index contributed by atoms with van der Waals surface area (Å²) in [5.74, 6) is 0.802. The van der Waals surface area contributed by atoms with E-state index >= 15 is 0 Å². The zero-order valence-electron chi connectivity index (χ0n) is 17.5. The van der Waals surface area contributed by atoms with Crippen LogP contribution in [0.25, 0.3) is 0 Å². The van der Waals surface area contributed by atoms with E-state index in [1.54, 1.807) is 10.9 Å². The third-order valence-electron chi connectivity index (χ3n) is 5.39. The monoisotopic (exact) mass is 441 g/mol. The van der Waals surface area contributed by atoms with E-state index in [2.05, 4.69) is 52.7 Å². The number of likely N-dealkylation sites (tertiary alicyclic amines) is 1. The average molecular weight is 442 g/mol. The first-order valence-electron chi connectivity index (χ1n) is 9.74. The molecule has 0 saturated carbocycles. The van der Waals surface area contributed by atoms with E-state index in [0.29, 0.717) is 5.92 Å².